The van der Waals surface area contributed by atoms with Crippen LogP contribution in [0.1, 0.15) is 44.6 Å². The average Bonchev–Trinajstić information content (AvgIpc) is 2.81. The molecule has 24 heavy (non-hydrogen) atoms. The molecule has 1 aromatic heterocycles. The molecule has 0 bridgehead atoms. The second-order valence-electron chi connectivity index (χ2n) is 5.73. The number of nitro benzene ring substituents is 1. The van der Waals surface area contributed by atoms with E-state index in [1.165, 1.54) is 17.9 Å². The van der Waals surface area contributed by atoms with Gasteiger partial charge in [0.25, 0.3) is 11.6 Å². The van der Waals surface area contributed by atoms with Gasteiger partial charge in [0, 0.05) is 29.9 Å². The Labute approximate surface area is 139 Å². The van der Waals surface area contributed by atoms with Gasteiger partial charge in [-0.3, -0.25) is 19.7 Å². The highest BCUT2D eigenvalue weighted by molar-refractivity contribution is 6.02. The summed E-state index contributed by atoms with van der Waals surface area (Å²) in [5.74, 6) is -0.428. The minimum Gasteiger partial charge on any atom is -0.354 e. The molecule has 1 N–H and O–H groups in total. The first-order chi connectivity index (χ1) is 11.2. The van der Waals surface area contributed by atoms with Crippen LogP contribution in [-0.4, -0.2) is 33.5 Å². The number of hydrogen-bond acceptors (Lipinski definition) is 4. The van der Waals surface area contributed by atoms with Crippen molar-refractivity contribution in [2.24, 2.45) is 0 Å². The van der Waals surface area contributed by atoms with Crippen LogP contribution in [-0.2, 0) is 6.54 Å². The van der Waals surface area contributed by atoms with Crippen molar-refractivity contribution in [1.82, 2.24) is 9.88 Å². The molecule has 2 rings (SSSR count). The van der Waals surface area contributed by atoms with E-state index < -0.39 is 4.92 Å². The second kappa shape index (κ2) is 6.66. The summed E-state index contributed by atoms with van der Waals surface area (Å²) in [6.07, 6.45) is 0. The molecule has 0 aliphatic heterocycles. The minimum absolute atomic E-state index is 0.0269. The number of ketones is 1. The standard InChI is InChI=1S/C17H19N3O4/c1-10-15(12(3)21)11(2)18-16(10)17(22)19(4)9-13-7-5-6-8-14(13)20(23)24/h5-8,18H,9H2,1-4H3. The van der Waals surface area contributed by atoms with Crippen LogP contribution in [0.4, 0.5) is 5.69 Å². The zero-order valence-corrected chi connectivity index (χ0v) is 14.0. The van der Waals surface area contributed by atoms with Gasteiger partial charge in [0.05, 0.1) is 11.5 Å². The number of aryl methyl sites for hydroxylation is 1. The van der Waals surface area contributed by atoms with E-state index >= 15 is 0 Å². The molecular weight excluding hydrogens is 310 g/mol. The molecule has 0 aliphatic carbocycles. The van der Waals surface area contributed by atoms with Gasteiger partial charge >= 0.3 is 0 Å². The van der Waals surface area contributed by atoms with E-state index in [0.29, 0.717) is 28.1 Å². The van der Waals surface area contributed by atoms with Crippen LogP contribution in [0, 0.1) is 24.0 Å². The van der Waals surface area contributed by atoms with E-state index in [9.17, 15) is 19.7 Å². The van der Waals surface area contributed by atoms with Gasteiger partial charge < -0.3 is 9.88 Å². The molecule has 2 aromatic rings. The lowest BCUT2D eigenvalue weighted by Gasteiger charge is -2.17. The van der Waals surface area contributed by atoms with Gasteiger partial charge in [-0.15, -0.1) is 0 Å². The predicted molar refractivity (Wildman–Crippen MR) is 89.2 cm³/mol. The van der Waals surface area contributed by atoms with Crippen molar-refractivity contribution < 1.29 is 14.5 Å². The fourth-order valence-corrected chi connectivity index (χ4v) is 2.83. The van der Waals surface area contributed by atoms with Crippen LogP contribution >= 0.6 is 0 Å². The Morgan fingerprint density at radius 3 is 2.42 bits per heavy atom. The average molecular weight is 329 g/mol. The molecule has 0 saturated heterocycles. The molecule has 0 atom stereocenters. The fraction of sp³-hybridized carbons (Fsp3) is 0.294. The van der Waals surface area contributed by atoms with E-state index in [0.717, 1.165) is 0 Å². The highest BCUT2D eigenvalue weighted by Gasteiger charge is 2.23. The number of aromatic nitrogens is 1. The zero-order valence-electron chi connectivity index (χ0n) is 14.0. The second-order valence-corrected chi connectivity index (χ2v) is 5.73. The molecule has 0 fully saturated rings. The third-order valence-electron chi connectivity index (χ3n) is 3.95. The number of carbonyl (C=O) groups is 2. The Bertz CT molecular complexity index is 823. The summed E-state index contributed by atoms with van der Waals surface area (Å²) in [5, 5.41) is 11.1. The number of amides is 1. The van der Waals surface area contributed by atoms with Crippen molar-refractivity contribution in [3.05, 3.63) is 62.5 Å². The molecule has 1 heterocycles. The number of carbonyl (C=O) groups excluding carboxylic acids is 2. The largest absolute Gasteiger partial charge is 0.354 e. The number of aromatic amines is 1. The van der Waals surface area contributed by atoms with Gasteiger partial charge in [-0.1, -0.05) is 18.2 Å². The molecule has 0 saturated carbocycles. The number of para-hydroxylation sites is 1. The number of nitrogens with zero attached hydrogens (tertiary/aromatic N) is 2. The molecule has 0 spiro atoms. The Morgan fingerprint density at radius 1 is 1.25 bits per heavy atom. The van der Waals surface area contributed by atoms with Crippen molar-refractivity contribution in [3.63, 3.8) is 0 Å². The maximum absolute atomic E-state index is 12.7. The number of hydrogen-bond donors (Lipinski definition) is 1. The van der Waals surface area contributed by atoms with E-state index in [1.54, 1.807) is 39.1 Å². The summed E-state index contributed by atoms with van der Waals surface area (Å²) >= 11 is 0. The van der Waals surface area contributed by atoms with Crippen LogP contribution in [0.3, 0.4) is 0 Å². The summed E-state index contributed by atoms with van der Waals surface area (Å²) in [7, 11) is 1.57. The van der Waals surface area contributed by atoms with E-state index in [-0.39, 0.29) is 23.9 Å². The van der Waals surface area contributed by atoms with Crippen molar-refractivity contribution in [3.8, 4) is 0 Å². The van der Waals surface area contributed by atoms with E-state index in [2.05, 4.69) is 4.98 Å². The lowest BCUT2D eigenvalue weighted by Crippen LogP contribution is -2.27. The predicted octanol–water partition coefficient (Wildman–Crippen LogP) is 3.01. The van der Waals surface area contributed by atoms with Gasteiger partial charge in [-0.2, -0.15) is 0 Å². The summed E-state index contributed by atoms with van der Waals surface area (Å²) in [6, 6.07) is 6.31. The van der Waals surface area contributed by atoms with Gasteiger partial charge in [-0.05, 0) is 26.3 Å². The van der Waals surface area contributed by atoms with Gasteiger partial charge in [0.2, 0.25) is 0 Å². The van der Waals surface area contributed by atoms with E-state index in [1.807, 2.05) is 0 Å². The van der Waals surface area contributed by atoms with Crippen LogP contribution in [0.2, 0.25) is 0 Å². The van der Waals surface area contributed by atoms with Crippen molar-refractivity contribution in [2.75, 3.05) is 7.05 Å². The maximum atomic E-state index is 12.7. The highest BCUT2D eigenvalue weighted by atomic mass is 16.6. The van der Waals surface area contributed by atoms with Crippen molar-refractivity contribution >= 4 is 17.4 Å². The van der Waals surface area contributed by atoms with Gasteiger partial charge in [0.15, 0.2) is 5.78 Å². The van der Waals surface area contributed by atoms with E-state index in [4.69, 9.17) is 0 Å². The monoisotopic (exact) mass is 329 g/mol. The first-order valence-corrected chi connectivity index (χ1v) is 7.41. The molecule has 1 amide bonds. The van der Waals surface area contributed by atoms with Gasteiger partial charge in [-0.25, -0.2) is 0 Å². The molecule has 126 valence electrons. The van der Waals surface area contributed by atoms with Gasteiger partial charge in [0.1, 0.15) is 5.69 Å². The highest BCUT2D eigenvalue weighted by Crippen LogP contribution is 2.22. The third kappa shape index (κ3) is 3.19. The minimum atomic E-state index is -0.467. The maximum Gasteiger partial charge on any atom is 0.274 e. The third-order valence-corrected chi connectivity index (χ3v) is 3.95. The molecule has 7 heteroatoms. The fourth-order valence-electron chi connectivity index (χ4n) is 2.83. The molecule has 0 radical (unpaired) electrons. The topological polar surface area (TPSA) is 96.3 Å². The SMILES string of the molecule is CC(=O)c1c(C)[nH]c(C(=O)N(C)Cc2ccccc2[N+](=O)[O-])c1C. The number of benzene rings is 1. The first kappa shape index (κ1) is 17.4. The molecular formula is C17H19N3O4. The molecule has 0 aliphatic rings. The molecule has 1 aromatic carbocycles. The Hall–Kier alpha value is -2.96. The zero-order chi connectivity index (χ0) is 18.0. The number of nitro groups is 1. The number of H-pyrrole nitrogens is 1. The van der Waals surface area contributed by atoms with Crippen molar-refractivity contribution in [1.29, 1.82) is 0 Å². The number of rotatable bonds is 5. The molecule has 0 unspecified atom stereocenters. The first-order valence-electron chi connectivity index (χ1n) is 7.41. The Morgan fingerprint density at radius 2 is 1.88 bits per heavy atom. The van der Waals surface area contributed by atoms with Crippen LogP contribution in [0.25, 0.3) is 0 Å². The lowest BCUT2D eigenvalue weighted by molar-refractivity contribution is -0.385. The number of nitrogens with one attached hydrogen (secondary N) is 1. The summed E-state index contributed by atoms with van der Waals surface area (Å²) in [5.41, 5.74) is 2.50. The van der Waals surface area contributed by atoms with Crippen molar-refractivity contribution in [2.45, 2.75) is 27.3 Å². The Kier molecular flexibility index (Phi) is 4.82. The molecule has 7 nitrogen and oxygen atoms in total. The quantitative estimate of drug-likeness (QED) is 0.518. The van der Waals surface area contributed by atoms with Crippen LogP contribution in [0.15, 0.2) is 24.3 Å². The lowest BCUT2D eigenvalue weighted by atomic mass is 10.1. The van der Waals surface area contributed by atoms with Crippen LogP contribution in [0.5, 0.6) is 0 Å². The summed E-state index contributed by atoms with van der Waals surface area (Å²) in [4.78, 5) is 39.3. The smallest absolute Gasteiger partial charge is 0.274 e. The number of Topliss-reactive ketones (excluding diaryl/α,β-unsaturated/α-hetero) is 1. The normalized spacial score (nSPS) is 10.5. The van der Waals surface area contributed by atoms with Crippen LogP contribution < -0.4 is 0 Å². The Balaban J connectivity index is 2.30. The summed E-state index contributed by atoms with van der Waals surface area (Å²) < 4.78 is 0. The summed E-state index contributed by atoms with van der Waals surface area (Å²) in [6.45, 7) is 5.01.